The fourth-order valence-corrected chi connectivity index (χ4v) is 3.87. The van der Waals surface area contributed by atoms with Crippen molar-refractivity contribution in [3.63, 3.8) is 0 Å². The molecule has 5 nitrogen and oxygen atoms in total. The Kier molecular flexibility index (Phi) is 5.79. The first-order valence-electron chi connectivity index (χ1n) is 8.23. The lowest BCUT2D eigenvalue weighted by Gasteiger charge is -2.18. The molecule has 2 heterocycles. The SMILES string of the molecule is CC(=O)CCCSc1nnc(N2CCCC2)n1-c1cccc(Cl)c1. The molecule has 128 valence electrons. The highest BCUT2D eigenvalue weighted by atomic mass is 35.5. The van der Waals surface area contributed by atoms with Crippen LogP contribution in [0.3, 0.4) is 0 Å². The number of carbonyl (C=O) groups is 1. The second kappa shape index (κ2) is 8.03. The molecule has 1 aromatic heterocycles. The number of hydrogen-bond donors (Lipinski definition) is 0. The molecule has 1 aliphatic rings. The standard InChI is InChI=1S/C17H21ClN4OS/c1-13(23)6-5-11-24-17-20-19-16(21-9-2-3-10-21)22(17)15-8-4-7-14(18)12-15/h4,7-8,12H,2-3,5-6,9-11H2,1H3. The number of anilines is 1. The van der Waals surface area contributed by atoms with Crippen molar-refractivity contribution in [2.45, 2.75) is 37.8 Å². The van der Waals surface area contributed by atoms with Gasteiger partial charge in [-0.2, -0.15) is 0 Å². The van der Waals surface area contributed by atoms with Gasteiger partial charge in [-0.05, 0) is 44.4 Å². The number of halogens is 1. The van der Waals surface area contributed by atoms with Gasteiger partial charge in [0.05, 0.1) is 5.69 Å². The van der Waals surface area contributed by atoms with Crippen molar-refractivity contribution in [3.8, 4) is 5.69 Å². The molecule has 3 rings (SSSR count). The van der Waals surface area contributed by atoms with Crippen LogP contribution in [0.5, 0.6) is 0 Å². The maximum Gasteiger partial charge on any atom is 0.232 e. The summed E-state index contributed by atoms with van der Waals surface area (Å²) in [5.41, 5.74) is 0.975. The van der Waals surface area contributed by atoms with E-state index in [2.05, 4.69) is 19.7 Å². The largest absolute Gasteiger partial charge is 0.341 e. The van der Waals surface area contributed by atoms with Gasteiger partial charge in [-0.1, -0.05) is 29.4 Å². The molecule has 1 fully saturated rings. The Balaban J connectivity index is 1.86. The molecule has 0 N–H and O–H groups in total. The number of Topliss-reactive ketones (excluding diaryl/α,β-unsaturated/α-hetero) is 1. The van der Waals surface area contributed by atoms with Gasteiger partial charge in [-0.25, -0.2) is 0 Å². The number of benzene rings is 1. The predicted molar refractivity (Wildman–Crippen MR) is 98.5 cm³/mol. The van der Waals surface area contributed by atoms with Crippen LogP contribution in [0.25, 0.3) is 5.69 Å². The second-order valence-corrected chi connectivity index (χ2v) is 7.44. The molecule has 0 radical (unpaired) electrons. The van der Waals surface area contributed by atoms with Crippen LogP contribution in [0.2, 0.25) is 5.02 Å². The van der Waals surface area contributed by atoms with E-state index in [1.165, 1.54) is 12.8 Å². The van der Waals surface area contributed by atoms with Crippen LogP contribution < -0.4 is 4.90 Å². The lowest BCUT2D eigenvalue weighted by Crippen LogP contribution is -2.22. The Bertz CT molecular complexity index is 712. The van der Waals surface area contributed by atoms with Crippen LogP contribution >= 0.6 is 23.4 Å². The fraction of sp³-hybridized carbons (Fsp3) is 0.471. The van der Waals surface area contributed by atoms with Crippen LogP contribution in [0.4, 0.5) is 5.95 Å². The van der Waals surface area contributed by atoms with Gasteiger partial charge in [0.1, 0.15) is 5.78 Å². The van der Waals surface area contributed by atoms with Crippen LogP contribution in [-0.2, 0) is 4.79 Å². The van der Waals surface area contributed by atoms with E-state index in [4.69, 9.17) is 11.6 Å². The number of rotatable bonds is 7. The van der Waals surface area contributed by atoms with Crippen molar-refractivity contribution in [3.05, 3.63) is 29.3 Å². The van der Waals surface area contributed by atoms with E-state index >= 15 is 0 Å². The fourth-order valence-electron chi connectivity index (χ4n) is 2.80. The molecule has 1 aliphatic heterocycles. The average Bonchev–Trinajstić information content (AvgIpc) is 3.20. The highest BCUT2D eigenvalue weighted by Gasteiger charge is 2.22. The van der Waals surface area contributed by atoms with Crippen molar-refractivity contribution >= 4 is 35.1 Å². The van der Waals surface area contributed by atoms with Gasteiger partial charge in [0.2, 0.25) is 5.95 Å². The number of hydrogen-bond acceptors (Lipinski definition) is 5. The minimum Gasteiger partial charge on any atom is -0.341 e. The Morgan fingerprint density at radius 2 is 2.08 bits per heavy atom. The molecule has 1 saturated heterocycles. The summed E-state index contributed by atoms with van der Waals surface area (Å²) in [6.07, 6.45) is 3.83. The molecular formula is C17H21ClN4OS. The van der Waals surface area contributed by atoms with Gasteiger partial charge >= 0.3 is 0 Å². The molecule has 24 heavy (non-hydrogen) atoms. The highest BCUT2D eigenvalue weighted by Crippen LogP contribution is 2.29. The summed E-state index contributed by atoms with van der Waals surface area (Å²) in [5.74, 6) is 1.95. The van der Waals surface area contributed by atoms with E-state index in [1.807, 2.05) is 24.3 Å². The first-order chi connectivity index (χ1) is 11.6. The Morgan fingerprint density at radius 1 is 1.29 bits per heavy atom. The van der Waals surface area contributed by atoms with Gasteiger partial charge < -0.3 is 9.69 Å². The Hall–Kier alpha value is -1.53. The van der Waals surface area contributed by atoms with Crippen LogP contribution in [0, 0.1) is 0 Å². The molecule has 0 spiro atoms. The van der Waals surface area contributed by atoms with E-state index < -0.39 is 0 Å². The van der Waals surface area contributed by atoms with Gasteiger partial charge in [0.25, 0.3) is 0 Å². The molecule has 0 saturated carbocycles. The average molecular weight is 365 g/mol. The molecular weight excluding hydrogens is 344 g/mol. The topological polar surface area (TPSA) is 51.0 Å². The van der Waals surface area contributed by atoms with Gasteiger partial charge in [0.15, 0.2) is 5.16 Å². The molecule has 0 amide bonds. The third-order valence-corrected chi connectivity index (χ3v) is 5.23. The zero-order valence-electron chi connectivity index (χ0n) is 13.7. The van der Waals surface area contributed by atoms with Crippen LogP contribution in [-0.4, -0.2) is 39.4 Å². The number of nitrogens with zero attached hydrogens (tertiary/aromatic N) is 4. The number of carbonyl (C=O) groups excluding carboxylic acids is 1. The Labute approximate surface area is 151 Å². The summed E-state index contributed by atoms with van der Waals surface area (Å²) in [7, 11) is 0. The summed E-state index contributed by atoms with van der Waals surface area (Å²) in [5, 5.41) is 10.4. The minimum atomic E-state index is 0.227. The number of thioether (sulfide) groups is 1. The molecule has 1 aromatic carbocycles. The minimum absolute atomic E-state index is 0.227. The maximum atomic E-state index is 11.1. The number of ketones is 1. The molecule has 7 heteroatoms. The number of aromatic nitrogens is 3. The monoisotopic (exact) mass is 364 g/mol. The van der Waals surface area contributed by atoms with E-state index in [0.717, 1.165) is 42.1 Å². The second-order valence-electron chi connectivity index (χ2n) is 5.95. The lowest BCUT2D eigenvalue weighted by atomic mass is 10.3. The molecule has 2 aromatic rings. The van der Waals surface area contributed by atoms with Gasteiger partial charge in [-0.15, -0.1) is 10.2 Å². The highest BCUT2D eigenvalue weighted by molar-refractivity contribution is 7.99. The normalized spacial score (nSPS) is 14.3. The van der Waals surface area contributed by atoms with Crippen molar-refractivity contribution in [1.82, 2.24) is 14.8 Å². The summed E-state index contributed by atoms with van der Waals surface area (Å²) >= 11 is 7.81. The summed E-state index contributed by atoms with van der Waals surface area (Å²) in [4.78, 5) is 13.4. The van der Waals surface area contributed by atoms with Crippen molar-refractivity contribution in [2.24, 2.45) is 0 Å². The molecule has 0 atom stereocenters. The molecule has 0 unspecified atom stereocenters. The summed E-state index contributed by atoms with van der Waals surface area (Å²) < 4.78 is 2.08. The smallest absolute Gasteiger partial charge is 0.232 e. The first-order valence-corrected chi connectivity index (χ1v) is 9.60. The van der Waals surface area contributed by atoms with Crippen molar-refractivity contribution < 1.29 is 4.79 Å². The van der Waals surface area contributed by atoms with E-state index in [9.17, 15) is 4.79 Å². The van der Waals surface area contributed by atoms with E-state index in [1.54, 1.807) is 18.7 Å². The zero-order chi connectivity index (χ0) is 16.9. The van der Waals surface area contributed by atoms with E-state index in [-0.39, 0.29) is 5.78 Å². The van der Waals surface area contributed by atoms with Crippen LogP contribution in [0.15, 0.2) is 29.4 Å². The summed E-state index contributed by atoms with van der Waals surface area (Å²) in [6.45, 7) is 3.64. The maximum absolute atomic E-state index is 11.1. The zero-order valence-corrected chi connectivity index (χ0v) is 15.3. The lowest BCUT2D eigenvalue weighted by molar-refractivity contribution is -0.117. The Morgan fingerprint density at radius 3 is 2.79 bits per heavy atom. The predicted octanol–water partition coefficient (Wildman–Crippen LogP) is 3.98. The van der Waals surface area contributed by atoms with Crippen molar-refractivity contribution in [1.29, 1.82) is 0 Å². The summed E-state index contributed by atoms with van der Waals surface area (Å²) in [6, 6.07) is 7.76. The third kappa shape index (κ3) is 4.11. The van der Waals surface area contributed by atoms with E-state index in [0.29, 0.717) is 11.4 Å². The third-order valence-electron chi connectivity index (χ3n) is 3.98. The molecule has 0 bridgehead atoms. The van der Waals surface area contributed by atoms with Crippen molar-refractivity contribution in [2.75, 3.05) is 23.7 Å². The first kappa shape index (κ1) is 17.3. The molecule has 0 aliphatic carbocycles. The van der Waals surface area contributed by atoms with Gasteiger partial charge in [-0.3, -0.25) is 4.57 Å². The van der Waals surface area contributed by atoms with Crippen LogP contribution in [0.1, 0.15) is 32.6 Å². The van der Waals surface area contributed by atoms with Gasteiger partial charge in [0, 0.05) is 30.3 Å². The quantitative estimate of drug-likeness (QED) is 0.549.